The van der Waals surface area contributed by atoms with Crippen molar-refractivity contribution in [3.8, 4) is 0 Å². The van der Waals surface area contributed by atoms with Gasteiger partial charge in [0, 0.05) is 30.4 Å². The van der Waals surface area contributed by atoms with Crippen molar-refractivity contribution < 1.29 is 9.72 Å². The van der Waals surface area contributed by atoms with Gasteiger partial charge in [-0.2, -0.15) is 5.10 Å². The largest absolute Gasteiger partial charge is 0.283 e. The van der Waals surface area contributed by atoms with E-state index in [1.807, 2.05) is 48.9 Å². The number of amides is 1. The number of rotatable bonds is 7. The lowest BCUT2D eigenvalue weighted by molar-refractivity contribution is -0.384. The summed E-state index contributed by atoms with van der Waals surface area (Å²) >= 11 is 1.46. The van der Waals surface area contributed by atoms with Gasteiger partial charge in [0.1, 0.15) is 0 Å². The number of para-hydroxylation sites is 1. The number of aryl methyl sites for hydroxylation is 2. The van der Waals surface area contributed by atoms with Gasteiger partial charge in [-0.3, -0.25) is 24.5 Å². The molecule has 1 amide bonds. The van der Waals surface area contributed by atoms with Crippen LogP contribution < -0.4 is 4.90 Å². The van der Waals surface area contributed by atoms with Crippen molar-refractivity contribution in [2.75, 3.05) is 11.4 Å². The molecule has 0 bridgehead atoms. The number of carbonyl (C=O) groups is 1. The van der Waals surface area contributed by atoms with Gasteiger partial charge in [-0.05, 0) is 55.8 Å². The van der Waals surface area contributed by atoms with Crippen LogP contribution in [0.1, 0.15) is 17.0 Å². The Bertz CT molecular complexity index is 1270. The Morgan fingerprint density at radius 1 is 1.19 bits per heavy atom. The number of aromatic nitrogens is 3. The van der Waals surface area contributed by atoms with Crippen LogP contribution in [0.4, 0.5) is 10.8 Å². The molecule has 0 aliphatic carbocycles. The van der Waals surface area contributed by atoms with Crippen LogP contribution in [0.5, 0.6) is 0 Å². The number of fused-ring (bicyclic) bond motifs is 1. The number of hydrogen-bond acceptors (Lipinski definition) is 6. The molecule has 0 unspecified atom stereocenters. The number of nitro groups is 1. The van der Waals surface area contributed by atoms with Gasteiger partial charge in [0.25, 0.3) is 11.6 Å². The van der Waals surface area contributed by atoms with E-state index in [2.05, 4.69) is 10.1 Å². The molecule has 0 saturated heterocycles. The number of anilines is 1. The maximum absolute atomic E-state index is 13.1. The molecule has 162 valence electrons. The molecule has 2 aromatic heterocycles. The molecular weight excluding hydrogens is 426 g/mol. The van der Waals surface area contributed by atoms with Gasteiger partial charge < -0.3 is 0 Å². The second-order valence-electron chi connectivity index (χ2n) is 7.29. The number of non-ortho nitro benzene ring substituents is 1. The fourth-order valence-corrected chi connectivity index (χ4v) is 4.33. The lowest BCUT2D eigenvalue weighted by Crippen LogP contribution is -2.33. The zero-order valence-electron chi connectivity index (χ0n) is 17.6. The van der Waals surface area contributed by atoms with E-state index in [4.69, 9.17) is 0 Å². The first kappa shape index (κ1) is 21.4. The Morgan fingerprint density at radius 2 is 1.94 bits per heavy atom. The topological polar surface area (TPSA) is 94.2 Å². The summed E-state index contributed by atoms with van der Waals surface area (Å²) in [6, 6.07) is 15.8. The second-order valence-corrected chi connectivity index (χ2v) is 8.30. The molecule has 0 atom stereocenters. The van der Waals surface area contributed by atoms with Crippen molar-refractivity contribution in [2.45, 2.75) is 20.4 Å². The molecule has 8 nitrogen and oxygen atoms in total. The highest BCUT2D eigenvalue weighted by molar-refractivity contribution is 7.22. The van der Waals surface area contributed by atoms with Gasteiger partial charge in [0.15, 0.2) is 5.13 Å². The van der Waals surface area contributed by atoms with Crippen molar-refractivity contribution in [3.63, 3.8) is 0 Å². The van der Waals surface area contributed by atoms with Crippen molar-refractivity contribution in [3.05, 3.63) is 87.7 Å². The summed E-state index contributed by atoms with van der Waals surface area (Å²) in [7, 11) is 0. The molecular formula is C23H21N5O3S. The van der Waals surface area contributed by atoms with E-state index < -0.39 is 4.92 Å². The maximum Gasteiger partial charge on any atom is 0.269 e. The Kier molecular flexibility index (Phi) is 6.09. The third-order valence-electron chi connectivity index (χ3n) is 4.94. The number of carbonyl (C=O) groups excluding carboxylic acids is 1. The molecule has 0 aliphatic heterocycles. The van der Waals surface area contributed by atoms with Crippen LogP contribution in [0.3, 0.4) is 0 Å². The molecule has 0 radical (unpaired) electrons. The molecule has 4 rings (SSSR count). The summed E-state index contributed by atoms with van der Waals surface area (Å²) in [4.78, 5) is 29.8. The highest BCUT2D eigenvalue weighted by Gasteiger charge is 2.18. The number of benzene rings is 2. The first-order chi connectivity index (χ1) is 15.4. The maximum atomic E-state index is 13.1. The first-order valence-electron chi connectivity index (χ1n) is 10.0. The Balaban J connectivity index is 1.59. The lowest BCUT2D eigenvalue weighted by atomic mass is 10.2. The number of nitrogens with zero attached hydrogens (tertiary/aromatic N) is 5. The van der Waals surface area contributed by atoms with Gasteiger partial charge in [-0.15, -0.1) is 0 Å². The van der Waals surface area contributed by atoms with E-state index in [1.165, 1.54) is 29.5 Å². The van der Waals surface area contributed by atoms with Crippen LogP contribution in [-0.2, 0) is 11.3 Å². The van der Waals surface area contributed by atoms with Crippen LogP contribution in [0.25, 0.3) is 16.3 Å². The number of nitro benzene ring substituents is 1. The van der Waals surface area contributed by atoms with E-state index in [0.717, 1.165) is 21.6 Å². The molecule has 0 fully saturated rings. The minimum absolute atomic E-state index is 0.00876. The standard InChI is InChI=1S/C23H21N5O3S/c1-16-15-17(2)27(25-16)14-13-26(23-24-20-5-3-4-6-21(20)32-23)22(29)12-9-18-7-10-19(11-8-18)28(30)31/h3-12,15H,13-14H2,1-2H3. The molecule has 32 heavy (non-hydrogen) atoms. The van der Waals surface area contributed by atoms with Gasteiger partial charge in [-0.25, -0.2) is 4.98 Å². The van der Waals surface area contributed by atoms with Crippen molar-refractivity contribution in [2.24, 2.45) is 0 Å². The fraction of sp³-hybridized carbons (Fsp3) is 0.174. The summed E-state index contributed by atoms with van der Waals surface area (Å²) in [5.41, 5.74) is 3.51. The van der Waals surface area contributed by atoms with E-state index in [0.29, 0.717) is 23.8 Å². The molecule has 9 heteroatoms. The SMILES string of the molecule is Cc1cc(C)n(CCN(C(=O)C=Cc2ccc([N+](=O)[O-])cc2)c2nc3ccccc3s2)n1. The van der Waals surface area contributed by atoms with Crippen molar-refractivity contribution >= 4 is 44.4 Å². The monoisotopic (exact) mass is 447 g/mol. The third-order valence-corrected chi connectivity index (χ3v) is 6.00. The highest BCUT2D eigenvalue weighted by atomic mass is 32.1. The van der Waals surface area contributed by atoms with Gasteiger partial charge in [0.2, 0.25) is 0 Å². The number of hydrogen-bond donors (Lipinski definition) is 0. The van der Waals surface area contributed by atoms with Crippen molar-refractivity contribution in [1.29, 1.82) is 0 Å². The molecule has 0 saturated carbocycles. The summed E-state index contributed by atoms with van der Waals surface area (Å²) in [6.45, 7) is 4.86. The molecule has 2 aromatic carbocycles. The molecule has 0 N–H and O–H groups in total. The quantitative estimate of drug-likeness (QED) is 0.231. The molecule has 0 spiro atoms. The summed E-state index contributed by atoms with van der Waals surface area (Å²) in [5.74, 6) is -0.219. The van der Waals surface area contributed by atoms with Crippen LogP contribution in [0, 0.1) is 24.0 Å². The summed E-state index contributed by atoms with van der Waals surface area (Å²) < 4.78 is 2.88. The molecule has 4 aromatic rings. The first-order valence-corrected chi connectivity index (χ1v) is 10.8. The summed E-state index contributed by atoms with van der Waals surface area (Å²) in [6.07, 6.45) is 3.12. The van der Waals surface area contributed by atoms with Gasteiger partial charge in [0.05, 0.1) is 27.4 Å². The normalized spacial score (nSPS) is 11.3. The predicted octanol–water partition coefficient (Wildman–Crippen LogP) is 4.76. The average Bonchev–Trinajstić information content (AvgIpc) is 3.34. The van der Waals surface area contributed by atoms with Gasteiger partial charge in [-0.1, -0.05) is 23.5 Å². The average molecular weight is 448 g/mol. The molecule has 0 aliphatic rings. The third kappa shape index (κ3) is 4.73. The zero-order chi connectivity index (χ0) is 22.7. The van der Waals surface area contributed by atoms with E-state index in [1.54, 1.807) is 23.1 Å². The Morgan fingerprint density at radius 3 is 2.59 bits per heavy atom. The van der Waals surface area contributed by atoms with Crippen LogP contribution in [-0.4, -0.2) is 32.1 Å². The molecule has 2 heterocycles. The predicted molar refractivity (Wildman–Crippen MR) is 126 cm³/mol. The minimum Gasteiger partial charge on any atom is -0.283 e. The van der Waals surface area contributed by atoms with Crippen LogP contribution >= 0.6 is 11.3 Å². The highest BCUT2D eigenvalue weighted by Crippen LogP contribution is 2.29. The van der Waals surface area contributed by atoms with Crippen LogP contribution in [0.2, 0.25) is 0 Å². The Hall–Kier alpha value is -3.85. The summed E-state index contributed by atoms with van der Waals surface area (Å²) in [5, 5.41) is 15.9. The van der Waals surface area contributed by atoms with Crippen molar-refractivity contribution in [1.82, 2.24) is 14.8 Å². The fourth-order valence-electron chi connectivity index (χ4n) is 3.34. The lowest BCUT2D eigenvalue weighted by Gasteiger charge is -2.18. The smallest absolute Gasteiger partial charge is 0.269 e. The minimum atomic E-state index is -0.452. The Labute approximate surface area is 188 Å². The van der Waals surface area contributed by atoms with Gasteiger partial charge >= 0.3 is 0 Å². The second kappa shape index (κ2) is 9.11. The van der Waals surface area contributed by atoms with E-state index >= 15 is 0 Å². The number of thiazole rings is 1. The van der Waals surface area contributed by atoms with Crippen LogP contribution in [0.15, 0.2) is 60.7 Å². The zero-order valence-corrected chi connectivity index (χ0v) is 18.5. The van der Waals surface area contributed by atoms with E-state index in [-0.39, 0.29) is 11.6 Å². The van der Waals surface area contributed by atoms with E-state index in [9.17, 15) is 14.9 Å².